The van der Waals surface area contributed by atoms with Crippen LogP contribution in [-0.2, 0) is 5.54 Å². The summed E-state index contributed by atoms with van der Waals surface area (Å²) in [5, 5.41) is 12.7. The summed E-state index contributed by atoms with van der Waals surface area (Å²) in [5.41, 5.74) is 3.81. The van der Waals surface area contributed by atoms with Crippen LogP contribution in [-0.4, -0.2) is 12.4 Å². The van der Waals surface area contributed by atoms with Gasteiger partial charge < -0.3 is 5.32 Å². The van der Waals surface area contributed by atoms with Gasteiger partial charge in [-0.05, 0) is 41.0 Å². The van der Waals surface area contributed by atoms with Gasteiger partial charge in [0, 0.05) is 5.56 Å². The molecule has 0 aromatic heterocycles. The molecular weight excluding hydrogens is 349 g/mol. The third-order valence-corrected chi connectivity index (χ3v) is 5.05. The number of amidine groups is 1. The minimum Gasteiger partial charge on any atom is -0.355 e. The molecule has 0 radical (unpaired) electrons. The number of rotatable bonds is 4. The second kappa shape index (κ2) is 7.13. The normalized spacial score (nSPS) is 18.1. The number of hydrogen-bond donors (Lipinski definition) is 1. The highest BCUT2D eigenvalue weighted by atomic mass is 19.1. The quantitative estimate of drug-likeness (QED) is 0.731. The van der Waals surface area contributed by atoms with Crippen molar-refractivity contribution in [3.63, 3.8) is 0 Å². The molecule has 1 unspecified atom stereocenters. The predicted molar refractivity (Wildman–Crippen MR) is 109 cm³/mol. The van der Waals surface area contributed by atoms with Gasteiger partial charge in [0.15, 0.2) is 0 Å². The van der Waals surface area contributed by atoms with Crippen molar-refractivity contribution in [2.24, 2.45) is 4.99 Å². The van der Waals surface area contributed by atoms with Crippen LogP contribution in [0.15, 0.2) is 84.4 Å². The van der Waals surface area contributed by atoms with E-state index in [1.165, 1.54) is 12.1 Å². The summed E-state index contributed by atoms with van der Waals surface area (Å²) in [4.78, 5) is 4.73. The summed E-state index contributed by atoms with van der Waals surface area (Å²) in [6, 6.07) is 24.1. The minimum absolute atomic E-state index is 0.276. The molecule has 136 valence electrons. The Balaban J connectivity index is 1.78. The van der Waals surface area contributed by atoms with Crippen LogP contribution in [0.2, 0.25) is 0 Å². The molecule has 0 saturated heterocycles. The number of hydrogen-bond acceptors (Lipinski definition) is 3. The molecule has 4 rings (SSSR count). The summed E-state index contributed by atoms with van der Waals surface area (Å²) in [6.45, 7) is 4.28. The van der Waals surface area contributed by atoms with Crippen LogP contribution >= 0.6 is 0 Å². The van der Waals surface area contributed by atoms with Crippen LogP contribution in [0.25, 0.3) is 6.08 Å². The fourth-order valence-electron chi connectivity index (χ4n) is 3.51. The maximum atomic E-state index is 13.5. The zero-order valence-electron chi connectivity index (χ0n) is 15.2. The highest BCUT2D eigenvalue weighted by molar-refractivity contribution is 6.01. The Morgan fingerprint density at radius 2 is 1.71 bits per heavy atom. The summed E-state index contributed by atoms with van der Waals surface area (Å²) >= 11 is 0. The van der Waals surface area contributed by atoms with Gasteiger partial charge in [0.05, 0.1) is 18.2 Å². The molecule has 1 aliphatic rings. The first-order valence-corrected chi connectivity index (χ1v) is 8.97. The lowest BCUT2D eigenvalue weighted by molar-refractivity contribution is 0.522. The molecule has 0 amide bonds. The van der Waals surface area contributed by atoms with E-state index in [1.807, 2.05) is 42.5 Å². The van der Waals surface area contributed by atoms with Crippen LogP contribution in [0.3, 0.4) is 0 Å². The molecule has 0 spiro atoms. The molecule has 1 aliphatic heterocycles. The Labute approximate surface area is 163 Å². The fourth-order valence-corrected chi connectivity index (χ4v) is 3.51. The maximum absolute atomic E-state index is 13.5. The predicted octanol–water partition coefficient (Wildman–Crippen LogP) is 4.63. The van der Waals surface area contributed by atoms with Crippen molar-refractivity contribution in [1.82, 2.24) is 5.32 Å². The molecule has 0 bridgehead atoms. The van der Waals surface area contributed by atoms with E-state index in [-0.39, 0.29) is 5.82 Å². The SMILES string of the molecule is C=Cc1ccc(C2(c3ccc(F)cc3)CN=C(c3cccc(C#N)c3)N2)cc1. The Morgan fingerprint density at radius 1 is 1.04 bits per heavy atom. The summed E-state index contributed by atoms with van der Waals surface area (Å²) in [5.74, 6) is 0.441. The molecule has 1 N–H and O–H groups in total. The van der Waals surface area contributed by atoms with Gasteiger partial charge in [-0.1, -0.05) is 61.2 Å². The van der Waals surface area contributed by atoms with E-state index in [1.54, 1.807) is 24.3 Å². The first-order chi connectivity index (χ1) is 13.6. The lowest BCUT2D eigenvalue weighted by Gasteiger charge is -2.31. The van der Waals surface area contributed by atoms with Gasteiger partial charge in [0.1, 0.15) is 17.2 Å². The molecule has 1 atom stereocenters. The van der Waals surface area contributed by atoms with E-state index >= 15 is 0 Å². The third kappa shape index (κ3) is 3.08. The van der Waals surface area contributed by atoms with Crippen molar-refractivity contribution in [3.05, 3.63) is 113 Å². The fraction of sp³-hybridized carbons (Fsp3) is 0.0833. The molecule has 0 saturated carbocycles. The number of benzene rings is 3. The van der Waals surface area contributed by atoms with Gasteiger partial charge in [-0.2, -0.15) is 5.26 Å². The Bertz CT molecular complexity index is 1090. The van der Waals surface area contributed by atoms with E-state index in [0.717, 1.165) is 22.3 Å². The van der Waals surface area contributed by atoms with Gasteiger partial charge in [-0.3, -0.25) is 4.99 Å². The number of nitrogens with zero attached hydrogens (tertiary/aromatic N) is 2. The van der Waals surface area contributed by atoms with Crippen molar-refractivity contribution in [2.45, 2.75) is 5.54 Å². The van der Waals surface area contributed by atoms with Crippen molar-refractivity contribution >= 4 is 11.9 Å². The van der Waals surface area contributed by atoms with Crippen molar-refractivity contribution in [3.8, 4) is 6.07 Å². The highest BCUT2D eigenvalue weighted by Gasteiger charge is 2.39. The standard InChI is InChI=1S/C24H18FN3/c1-2-17-6-8-20(9-7-17)24(21-10-12-22(25)13-11-21)16-27-23(28-24)19-5-3-4-18(14-19)15-26/h2-14H,1,16H2,(H,27,28). The maximum Gasteiger partial charge on any atom is 0.129 e. The molecular formula is C24H18FN3. The number of nitriles is 1. The molecule has 0 aliphatic carbocycles. The number of aliphatic imine (C=N–C) groups is 1. The van der Waals surface area contributed by atoms with Crippen molar-refractivity contribution < 1.29 is 4.39 Å². The molecule has 4 heteroatoms. The Morgan fingerprint density at radius 3 is 2.36 bits per heavy atom. The van der Waals surface area contributed by atoms with E-state index < -0.39 is 5.54 Å². The second-order valence-corrected chi connectivity index (χ2v) is 6.72. The summed E-state index contributed by atoms with van der Waals surface area (Å²) in [7, 11) is 0. The number of halogens is 1. The zero-order chi connectivity index (χ0) is 19.6. The average molecular weight is 367 g/mol. The van der Waals surface area contributed by atoms with Crippen LogP contribution in [0, 0.1) is 17.1 Å². The lowest BCUT2D eigenvalue weighted by atomic mass is 9.83. The van der Waals surface area contributed by atoms with E-state index in [9.17, 15) is 9.65 Å². The van der Waals surface area contributed by atoms with Gasteiger partial charge in [0.25, 0.3) is 0 Å². The van der Waals surface area contributed by atoms with Crippen LogP contribution in [0.4, 0.5) is 4.39 Å². The second-order valence-electron chi connectivity index (χ2n) is 6.72. The molecule has 0 fully saturated rings. The third-order valence-electron chi connectivity index (χ3n) is 5.05. The van der Waals surface area contributed by atoms with Crippen LogP contribution in [0.5, 0.6) is 0 Å². The van der Waals surface area contributed by atoms with Crippen LogP contribution in [0.1, 0.15) is 27.8 Å². The Hall–Kier alpha value is -3.71. The van der Waals surface area contributed by atoms with Crippen molar-refractivity contribution in [2.75, 3.05) is 6.54 Å². The van der Waals surface area contributed by atoms with Crippen LogP contribution < -0.4 is 5.32 Å². The summed E-state index contributed by atoms with van der Waals surface area (Å²) in [6.07, 6.45) is 1.80. The minimum atomic E-state index is -0.606. The van der Waals surface area contributed by atoms with E-state index in [2.05, 4.69) is 18.0 Å². The van der Waals surface area contributed by atoms with E-state index in [4.69, 9.17) is 4.99 Å². The van der Waals surface area contributed by atoms with Gasteiger partial charge in [-0.15, -0.1) is 0 Å². The largest absolute Gasteiger partial charge is 0.355 e. The van der Waals surface area contributed by atoms with Crippen molar-refractivity contribution in [1.29, 1.82) is 5.26 Å². The molecule has 3 aromatic carbocycles. The highest BCUT2D eigenvalue weighted by Crippen LogP contribution is 2.34. The smallest absolute Gasteiger partial charge is 0.129 e. The van der Waals surface area contributed by atoms with Gasteiger partial charge in [0.2, 0.25) is 0 Å². The Kier molecular flexibility index (Phi) is 4.50. The first kappa shape index (κ1) is 17.7. The zero-order valence-corrected chi connectivity index (χ0v) is 15.2. The molecule has 28 heavy (non-hydrogen) atoms. The first-order valence-electron chi connectivity index (χ1n) is 8.97. The number of nitrogens with one attached hydrogen (secondary N) is 1. The average Bonchev–Trinajstić information content (AvgIpc) is 3.21. The topological polar surface area (TPSA) is 48.2 Å². The molecule has 1 heterocycles. The molecule has 3 nitrogen and oxygen atoms in total. The summed E-state index contributed by atoms with van der Waals surface area (Å²) < 4.78 is 13.5. The van der Waals surface area contributed by atoms with Gasteiger partial charge >= 0.3 is 0 Å². The molecule has 3 aromatic rings. The van der Waals surface area contributed by atoms with Gasteiger partial charge in [-0.25, -0.2) is 4.39 Å². The monoisotopic (exact) mass is 367 g/mol. The lowest BCUT2D eigenvalue weighted by Crippen LogP contribution is -2.44. The van der Waals surface area contributed by atoms with E-state index in [0.29, 0.717) is 17.9 Å².